The van der Waals surface area contributed by atoms with Gasteiger partial charge in [-0.2, -0.15) is 5.10 Å². The van der Waals surface area contributed by atoms with E-state index < -0.39 is 0 Å². The Bertz CT molecular complexity index is 595. The number of aryl methyl sites for hydroxylation is 2. The first-order chi connectivity index (χ1) is 9.56. The molecule has 20 heavy (non-hydrogen) atoms. The normalized spacial score (nSPS) is 12.7. The van der Waals surface area contributed by atoms with Crippen molar-refractivity contribution in [1.82, 2.24) is 9.78 Å². The van der Waals surface area contributed by atoms with E-state index in [1.165, 1.54) is 0 Å². The molecule has 0 saturated carbocycles. The van der Waals surface area contributed by atoms with Gasteiger partial charge in [-0.1, -0.05) is 30.7 Å². The topological polar surface area (TPSA) is 43.8 Å². The van der Waals surface area contributed by atoms with E-state index in [0.29, 0.717) is 5.02 Å². The molecule has 1 aromatic heterocycles. The summed E-state index contributed by atoms with van der Waals surface area (Å²) in [6.45, 7) is 5.05. The number of hydrogen-bond donors (Lipinski definition) is 1. The number of nitrogens with zero attached hydrogens (tertiary/aromatic N) is 2. The van der Waals surface area contributed by atoms with Gasteiger partial charge in [-0.3, -0.25) is 4.68 Å². The summed E-state index contributed by atoms with van der Waals surface area (Å²) >= 11 is 9.75. The summed E-state index contributed by atoms with van der Waals surface area (Å²) in [5, 5.41) is 5.25. The third-order valence-electron chi connectivity index (χ3n) is 3.39. The van der Waals surface area contributed by atoms with E-state index in [4.69, 9.17) is 17.3 Å². The third kappa shape index (κ3) is 3.25. The molecule has 5 heteroatoms. The molecular weight excluding hydrogens is 338 g/mol. The summed E-state index contributed by atoms with van der Waals surface area (Å²) < 4.78 is 2.90. The number of rotatable bonds is 5. The predicted octanol–water partition coefficient (Wildman–Crippen LogP) is 4.12. The second kappa shape index (κ2) is 6.74. The summed E-state index contributed by atoms with van der Waals surface area (Å²) in [6, 6.07) is 7.86. The van der Waals surface area contributed by atoms with Crippen LogP contribution in [0.4, 0.5) is 0 Å². The molecule has 0 aliphatic heterocycles. The van der Waals surface area contributed by atoms with Crippen molar-refractivity contribution in [3.05, 3.63) is 50.7 Å². The molecule has 1 aromatic carbocycles. The van der Waals surface area contributed by atoms with Gasteiger partial charge in [-0.15, -0.1) is 0 Å². The molecule has 3 nitrogen and oxygen atoms in total. The van der Waals surface area contributed by atoms with E-state index in [-0.39, 0.29) is 6.04 Å². The molecule has 108 valence electrons. The molecule has 2 rings (SSSR count). The molecule has 0 radical (unpaired) electrons. The van der Waals surface area contributed by atoms with Crippen molar-refractivity contribution < 1.29 is 0 Å². The van der Waals surface area contributed by atoms with Crippen molar-refractivity contribution in [3.63, 3.8) is 0 Å². The fraction of sp³-hybridized carbons (Fsp3) is 0.400. The molecule has 0 aliphatic rings. The quantitative estimate of drug-likeness (QED) is 0.875. The van der Waals surface area contributed by atoms with Crippen LogP contribution in [0.15, 0.2) is 28.7 Å². The minimum absolute atomic E-state index is 0.133. The zero-order valence-electron chi connectivity index (χ0n) is 11.7. The Morgan fingerprint density at radius 2 is 2.15 bits per heavy atom. The van der Waals surface area contributed by atoms with E-state index >= 15 is 0 Å². The standard InChI is InChI=1S/C15H19BrClN3/c1-3-10-8-11(20(4-2)19-10)9-14(18)12-6-5-7-13(16)15(12)17/h5-8,14H,3-4,9,18H2,1-2H3. The fourth-order valence-corrected chi connectivity index (χ4v) is 2.92. The summed E-state index contributed by atoms with van der Waals surface area (Å²) in [5.41, 5.74) is 9.55. The second-order valence-corrected chi connectivity index (χ2v) is 5.98. The predicted molar refractivity (Wildman–Crippen MR) is 87.1 cm³/mol. The molecule has 2 aromatic rings. The van der Waals surface area contributed by atoms with Gasteiger partial charge in [0.1, 0.15) is 0 Å². The smallest absolute Gasteiger partial charge is 0.0624 e. The SMILES string of the molecule is CCc1cc(CC(N)c2cccc(Br)c2Cl)n(CC)n1. The Hall–Kier alpha value is -0.840. The molecule has 2 N–H and O–H groups in total. The van der Waals surface area contributed by atoms with Gasteiger partial charge in [0, 0.05) is 29.2 Å². The first-order valence-electron chi connectivity index (χ1n) is 6.81. The van der Waals surface area contributed by atoms with Gasteiger partial charge in [-0.05, 0) is 47.0 Å². The Kier molecular flexibility index (Phi) is 5.24. The van der Waals surface area contributed by atoms with Crippen LogP contribution in [0.25, 0.3) is 0 Å². The van der Waals surface area contributed by atoms with Crippen molar-refractivity contribution in [2.45, 2.75) is 39.3 Å². The number of nitrogens with two attached hydrogens (primary N) is 1. The van der Waals surface area contributed by atoms with Crippen molar-refractivity contribution in [2.75, 3.05) is 0 Å². The number of halogens is 2. The van der Waals surface area contributed by atoms with E-state index in [2.05, 4.69) is 40.9 Å². The van der Waals surface area contributed by atoms with Gasteiger partial charge in [0.15, 0.2) is 0 Å². The Balaban J connectivity index is 2.25. The average molecular weight is 357 g/mol. The van der Waals surface area contributed by atoms with E-state index in [9.17, 15) is 0 Å². The largest absolute Gasteiger partial charge is 0.324 e. The van der Waals surface area contributed by atoms with E-state index in [0.717, 1.165) is 40.8 Å². The zero-order valence-corrected chi connectivity index (χ0v) is 14.1. The van der Waals surface area contributed by atoms with Gasteiger partial charge in [0.2, 0.25) is 0 Å². The van der Waals surface area contributed by atoms with Crippen LogP contribution in [-0.4, -0.2) is 9.78 Å². The van der Waals surface area contributed by atoms with Crippen molar-refractivity contribution >= 4 is 27.5 Å². The summed E-state index contributed by atoms with van der Waals surface area (Å²) in [5.74, 6) is 0. The highest BCUT2D eigenvalue weighted by atomic mass is 79.9. The van der Waals surface area contributed by atoms with Crippen LogP contribution in [0, 0.1) is 0 Å². The van der Waals surface area contributed by atoms with Crippen LogP contribution in [-0.2, 0) is 19.4 Å². The van der Waals surface area contributed by atoms with Crippen LogP contribution >= 0.6 is 27.5 Å². The Morgan fingerprint density at radius 1 is 1.40 bits per heavy atom. The van der Waals surface area contributed by atoms with Gasteiger partial charge in [0.25, 0.3) is 0 Å². The maximum absolute atomic E-state index is 6.32. The minimum atomic E-state index is -0.133. The van der Waals surface area contributed by atoms with Crippen LogP contribution < -0.4 is 5.73 Å². The summed E-state index contributed by atoms with van der Waals surface area (Å²) in [4.78, 5) is 0. The van der Waals surface area contributed by atoms with Crippen LogP contribution in [0.5, 0.6) is 0 Å². The first kappa shape index (κ1) is 15.5. The van der Waals surface area contributed by atoms with Crippen LogP contribution in [0.3, 0.4) is 0 Å². The van der Waals surface area contributed by atoms with Crippen LogP contribution in [0.1, 0.15) is 36.8 Å². The molecule has 0 bridgehead atoms. The molecule has 1 unspecified atom stereocenters. The molecule has 0 aliphatic carbocycles. The van der Waals surface area contributed by atoms with E-state index in [1.54, 1.807) is 0 Å². The number of aromatic nitrogens is 2. The molecule has 1 heterocycles. The second-order valence-electron chi connectivity index (χ2n) is 4.75. The highest BCUT2D eigenvalue weighted by Crippen LogP contribution is 2.30. The van der Waals surface area contributed by atoms with Gasteiger partial charge in [0.05, 0.1) is 10.7 Å². The Labute approximate surface area is 133 Å². The van der Waals surface area contributed by atoms with Crippen molar-refractivity contribution in [3.8, 4) is 0 Å². The molecular formula is C15H19BrClN3. The van der Waals surface area contributed by atoms with Crippen LogP contribution in [0.2, 0.25) is 5.02 Å². The number of hydrogen-bond acceptors (Lipinski definition) is 2. The lowest BCUT2D eigenvalue weighted by Crippen LogP contribution is -2.16. The highest BCUT2D eigenvalue weighted by molar-refractivity contribution is 9.10. The molecule has 1 atom stereocenters. The fourth-order valence-electron chi connectivity index (χ4n) is 2.27. The lowest BCUT2D eigenvalue weighted by atomic mass is 10.0. The van der Waals surface area contributed by atoms with Gasteiger partial charge in [-0.25, -0.2) is 0 Å². The molecule has 0 fully saturated rings. The van der Waals surface area contributed by atoms with E-state index in [1.807, 2.05) is 22.9 Å². The average Bonchev–Trinajstić information content (AvgIpc) is 2.84. The lowest BCUT2D eigenvalue weighted by molar-refractivity contribution is 0.585. The number of benzene rings is 1. The van der Waals surface area contributed by atoms with Crippen molar-refractivity contribution in [2.24, 2.45) is 5.73 Å². The minimum Gasteiger partial charge on any atom is -0.324 e. The molecule has 0 amide bonds. The summed E-state index contributed by atoms with van der Waals surface area (Å²) in [6.07, 6.45) is 1.67. The van der Waals surface area contributed by atoms with Gasteiger partial charge >= 0.3 is 0 Å². The Morgan fingerprint density at radius 3 is 2.80 bits per heavy atom. The lowest BCUT2D eigenvalue weighted by Gasteiger charge is -2.15. The maximum atomic E-state index is 6.32. The first-order valence-corrected chi connectivity index (χ1v) is 7.99. The molecule has 0 saturated heterocycles. The summed E-state index contributed by atoms with van der Waals surface area (Å²) in [7, 11) is 0. The monoisotopic (exact) mass is 355 g/mol. The van der Waals surface area contributed by atoms with Gasteiger partial charge < -0.3 is 5.73 Å². The third-order valence-corrected chi connectivity index (χ3v) is 4.70. The molecule has 0 spiro atoms. The highest BCUT2D eigenvalue weighted by Gasteiger charge is 2.15. The van der Waals surface area contributed by atoms with Crippen molar-refractivity contribution in [1.29, 1.82) is 0 Å². The maximum Gasteiger partial charge on any atom is 0.0624 e. The zero-order chi connectivity index (χ0) is 14.7.